The Bertz CT molecular complexity index is 1520. The lowest BCUT2D eigenvalue weighted by Gasteiger charge is -2.46. The number of ether oxygens (including phenoxy) is 8. The molecule has 0 aliphatic carbocycles. The van der Waals surface area contributed by atoms with Gasteiger partial charge in [-0.2, -0.15) is 0 Å². The Morgan fingerprint density at radius 2 is 1.12 bits per heavy atom. The summed E-state index contributed by atoms with van der Waals surface area (Å²) in [7, 11) is 1.58. The predicted molar refractivity (Wildman–Crippen MR) is 192 cm³/mol. The minimum absolute atomic E-state index is 0.204. The van der Waals surface area contributed by atoms with Gasteiger partial charge < -0.3 is 37.9 Å². The van der Waals surface area contributed by atoms with Crippen LogP contribution in [0.4, 0.5) is 0 Å². The van der Waals surface area contributed by atoms with Crippen LogP contribution in [0, 0.1) is 0 Å². The van der Waals surface area contributed by atoms with Crippen molar-refractivity contribution in [2.75, 3.05) is 26.9 Å². The molecule has 8 heteroatoms. The van der Waals surface area contributed by atoms with Crippen molar-refractivity contribution in [1.29, 1.82) is 0 Å². The summed E-state index contributed by atoms with van der Waals surface area (Å²) in [5.74, 6) is 0. The molecular formula is C42H48O8. The minimum Gasteiger partial charge on any atom is -0.374 e. The van der Waals surface area contributed by atoms with Gasteiger partial charge in [0.15, 0.2) is 12.6 Å². The Balaban J connectivity index is 1.30. The number of hydrogen-bond acceptors (Lipinski definition) is 8. The Morgan fingerprint density at radius 1 is 0.640 bits per heavy atom. The molecule has 0 unspecified atom stereocenters. The highest BCUT2D eigenvalue weighted by molar-refractivity contribution is 5.16. The maximum Gasteiger partial charge on any atom is 0.186 e. The van der Waals surface area contributed by atoms with Crippen LogP contribution in [0.1, 0.15) is 22.3 Å². The average molecular weight is 681 g/mol. The van der Waals surface area contributed by atoms with Gasteiger partial charge >= 0.3 is 0 Å². The van der Waals surface area contributed by atoms with E-state index < -0.39 is 37.0 Å². The Hall–Kier alpha value is -3.96. The fourth-order valence-electron chi connectivity index (χ4n) is 5.59. The van der Waals surface area contributed by atoms with Gasteiger partial charge in [0.25, 0.3) is 0 Å². The smallest absolute Gasteiger partial charge is 0.186 e. The summed E-state index contributed by atoms with van der Waals surface area (Å²) in [6.07, 6.45) is -2.55. The molecule has 5 rings (SSSR count). The maximum atomic E-state index is 6.68. The fraction of sp³-hybridized carbons (Fsp3) is 0.333. The quantitative estimate of drug-likeness (QED) is 0.0665. The van der Waals surface area contributed by atoms with Crippen molar-refractivity contribution in [3.05, 3.63) is 168 Å². The van der Waals surface area contributed by atoms with E-state index in [9.17, 15) is 0 Å². The van der Waals surface area contributed by atoms with Gasteiger partial charge in [0, 0.05) is 7.11 Å². The average Bonchev–Trinajstić information content (AvgIpc) is 3.17. The molecule has 1 aliphatic rings. The lowest BCUT2D eigenvalue weighted by Crippen LogP contribution is -2.62. The van der Waals surface area contributed by atoms with Gasteiger partial charge in [-0.25, -0.2) is 0 Å². The van der Waals surface area contributed by atoms with E-state index in [2.05, 4.69) is 13.2 Å². The topological polar surface area (TPSA) is 73.8 Å². The Labute approximate surface area is 296 Å². The molecule has 1 fully saturated rings. The predicted octanol–water partition coefficient (Wildman–Crippen LogP) is 7.43. The molecule has 1 heterocycles. The third kappa shape index (κ3) is 11.8. The van der Waals surface area contributed by atoms with E-state index in [-0.39, 0.29) is 13.2 Å². The second-order valence-corrected chi connectivity index (χ2v) is 12.0. The van der Waals surface area contributed by atoms with E-state index in [0.29, 0.717) is 33.0 Å². The third-order valence-electron chi connectivity index (χ3n) is 8.14. The molecule has 8 nitrogen and oxygen atoms in total. The summed E-state index contributed by atoms with van der Waals surface area (Å²) in [6.45, 7) is 10.4. The summed E-state index contributed by atoms with van der Waals surface area (Å²) in [4.78, 5) is 0. The molecular weight excluding hydrogens is 632 g/mol. The number of methoxy groups -OCH3 is 1. The summed E-state index contributed by atoms with van der Waals surface area (Å²) < 4.78 is 50.4. The molecule has 0 radical (unpaired) electrons. The molecule has 1 saturated heterocycles. The zero-order valence-corrected chi connectivity index (χ0v) is 28.7. The Kier molecular flexibility index (Phi) is 15.4. The highest BCUT2D eigenvalue weighted by Gasteiger charge is 2.49. The van der Waals surface area contributed by atoms with E-state index in [0.717, 1.165) is 27.8 Å². The third-order valence-corrected chi connectivity index (χ3v) is 8.14. The lowest BCUT2D eigenvalue weighted by molar-refractivity contribution is -0.337. The summed E-state index contributed by atoms with van der Waals surface area (Å²) in [5.41, 5.74) is 4.94. The van der Waals surface area contributed by atoms with Crippen LogP contribution >= 0.6 is 0 Å². The first-order valence-electron chi connectivity index (χ1n) is 16.9. The zero-order chi connectivity index (χ0) is 34.8. The van der Waals surface area contributed by atoms with Crippen LogP contribution in [0.25, 0.3) is 0 Å². The molecule has 1 aliphatic heterocycles. The van der Waals surface area contributed by atoms with Gasteiger partial charge in [0.1, 0.15) is 24.4 Å². The lowest BCUT2D eigenvalue weighted by atomic mass is 9.98. The second-order valence-electron chi connectivity index (χ2n) is 12.0. The van der Waals surface area contributed by atoms with Gasteiger partial charge in [0.2, 0.25) is 0 Å². The zero-order valence-electron chi connectivity index (χ0n) is 28.7. The van der Waals surface area contributed by atoms with E-state index in [1.807, 2.05) is 121 Å². The standard InChI is InChI=1S/C42H48O8/c1-4-38(46-26-32(2)25-44-27-33-17-9-5-10-18-33)50-41-40(48-30-36-23-15-8-16-24-36)39(47-29-35-21-13-7-14-22-35)37(49-42(41)43-3)31-45-28-34-19-11-6-12-20-34/h4-24,37-42H,1-2,25-31H2,3H3/t37-,38+,39-,40+,41-,42-/m1/s1. The molecule has 4 aromatic carbocycles. The van der Waals surface area contributed by atoms with Crippen molar-refractivity contribution in [1.82, 2.24) is 0 Å². The summed E-state index contributed by atoms with van der Waals surface area (Å²) >= 11 is 0. The molecule has 0 saturated carbocycles. The summed E-state index contributed by atoms with van der Waals surface area (Å²) in [6, 6.07) is 40.0. The molecule has 50 heavy (non-hydrogen) atoms. The van der Waals surface area contributed by atoms with Crippen LogP contribution < -0.4 is 0 Å². The second kappa shape index (κ2) is 20.7. The van der Waals surface area contributed by atoms with Crippen molar-refractivity contribution < 1.29 is 37.9 Å². The monoisotopic (exact) mass is 680 g/mol. The van der Waals surface area contributed by atoms with Gasteiger partial charge in [0.05, 0.1) is 46.2 Å². The minimum atomic E-state index is -0.824. The van der Waals surface area contributed by atoms with Crippen LogP contribution in [0.15, 0.2) is 146 Å². The van der Waals surface area contributed by atoms with Gasteiger partial charge in [-0.1, -0.05) is 134 Å². The Morgan fingerprint density at radius 3 is 1.62 bits per heavy atom. The van der Waals surface area contributed by atoms with Gasteiger partial charge in [-0.15, -0.1) is 0 Å². The van der Waals surface area contributed by atoms with Gasteiger partial charge in [-0.05, 0) is 33.9 Å². The molecule has 0 N–H and O–H groups in total. The molecule has 0 spiro atoms. The van der Waals surface area contributed by atoms with Crippen molar-refractivity contribution in [2.24, 2.45) is 0 Å². The first-order chi connectivity index (χ1) is 24.6. The normalized spacial score (nSPS) is 21.0. The molecule has 0 amide bonds. The number of benzene rings is 4. The van der Waals surface area contributed by atoms with Crippen LogP contribution in [-0.2, 0) is 64.3 Å². The van der Waals surface area contributed by atoms with Crippen molar-refractivity contribution >= 4 is 0 Å². The van der Waals surface area contributed by atoms with Crippen molar-refractivity contribution in [3.8, 4) is 0 Å². The highest BCUT2D eigenvalue weighted by Crippen LogP contribution is 2.31. The molecule has 0 aromatic heterocycles. The van der Waals surface area contributed by atoms with Gasteiger partial charge in [-0.3, -0.25) is 0 Å². The number of hydrogen-bond donors (Lipinski definition) is 0. The molecule has 6 atom stereocenters. The molecule has 0 bridgehead atoms. The van der Waals surface area contributed by atoms with E-state index in [4.69, 9.17) is 37.9 Å². The largest absolute Gasteiger partial charge is 0.374 e. The SMILES string of the molecule is C=C[C@@H](OCC(=C)COCc1ccccc1)O[C@H]1[C@H](OC)O[C@H](COCc2ccccc2)[C@@H](OCc2ccccc2)[C@@H]1OCc1ccccc1. The molecule has 264 valence electrons. The fourth-order valence-corrected chi connectivity index (χ4v) is 5.59. The van der Waals surface area contributed by atoms with Crippen molar-refractivity contribution in [2.45, 2.75) is 63.4 Å². The van der Waals surface area contributed by atoms with Crippen LogP contribution in [0.5, 0.6) is 0 Å². The maximum absolute atomic E-state index is 6.68. The molecule has 4 aromatic rings. The highest BCUT2D eigenvalue weighted by atomic mass is 16.7. The summed E-state index contributed by atoms with van der Waals surface area (Å²) in [5, 5.41) is 0. The number of rotatable bonds is 21. The van der Waals surface area contributed by atoms with Crippen LogP contribution in [0.2, 0.25) is 0 Å². The van der Waals surface area contributed by atoms with E-state index in [1.54, 1.807) is 13.2 Å². The first-order valence-corrected chi connectivity index (χ1v) is 16.9. The van der Waals surface area contributed by atoms with Crippen LogP contribution in [-0.4, -0.2) is 63.9 Å². The first kappa shape index (κ1) is 37.3. The van der Waals surface area contributed by atoms with Crippen LogP contribution in [0.3, 0.4) is 0 Å². The van der Waals surface area contributed by atoms with Crippen molar-refractivity contribution in [3.63, 3.8) is 0 Å². The van der Waals surface area contributed by atoms with E-state index in [1.165, 1.54) is 0 Å². The van der Waals surface area contributed by atoms with E-state index >= 15 is 0 Å².